The van der Waals surface area contributed by atoms with E-state index < -0.39 is 0 Å². The van der Waals surface area contributed by atoms with Crippen molar-refractivity contribution < 1.29 is 4.79 Å². The van der Waals surface area contributed by atoms with Crippen LogP contribution in [0.4, 0.5) is 0 Å². The molecular formula is C15H14BrN3O. The third-order valence-electron chi connectivity index (χ3n) is 2.75. The van der Waals surface area contributed by atoms with Gasteiger partial charge in [0.2, 0.25) is 0 Å². The van der Waals surface area contributed by atoms with Crippen LogP contribution in [0.3, 0.4) is 0 Å². The van der Waals surface area contributed by atoms with Gasteiger partial charge in [-0.1, -0.05) is 35.0 Å². The van der Waals surface area contributed by atoms with E-state index in [1.807, 2.05) is 31.2 Å². The molecule has 20 heavy (non-hydrogen) atoms. The molecule has 1 amide bonds. The molecule has 0 saturated carbocycles. The first kappa shape index (κ1) is 14.4. The van der Waals surface area contributed by atoms with Gasteiger partial charge < -0.3 is 0 Å². The predicted molar refractivity (Wildman–Crippen MR) is 82.7 cm³/mol. The monoisotopic (exact) mass is 331 g/mol. The van der Waals surface area contributed by atoms with Crippen LogP contribution < -0.4 is 5.43 Å². The minimum absolute atomic E-state index is 0.240. The summed E-state index contributed by atoms with van der Waals surface area (Å²) in [5.41, 5.74) is 4.93. The van der Waals surface area contributed by atoms with Crippen LogP contribution in [-0.4, -0.2) is 16.6 Å². The normalized spacial score (nSPS) is 11.2. The first-order valence-electron chi connectivity index (χ1n) is 6.23. The predicted octanol–water partition coefficient (Wildman–Crippen LogP) is 3.39. The summed E-state index contributed by atoms with van der Waals surface area (Å²) in [7, 11) is 0. The van der Waals surface area contributed by atoms with Gasteiger partial charge in [0.1, 0.15) is 0 Å². The van der Waals surface area contributed by atoms with E-state index in [4.69, 9.17) is 0 Å². The van der Waals surface area contributed by atoms with Gasteiger partial charge in [0.05, 0.1) is 5.71 Å². The number of amides is 1. The lowest BCUT2D eigenvalue weighted by atomic mass is 10.1. The lowest BCUT2D eigenvalue weighted by Crippen LogP contribution is -2.19. The van der Waals surface area contributed by atoms with Crippen molar-refractivity contribution in [2.24, 2.45) is 5.10 Å². The molecule has 4 nitrogen and oxygen atoms in total. The number of halogens is 1. The fraction of sp³-hybridized carbons (Fsp3) is 0.133. The molecule has 0 spiro atoms. The van der Waals surface area contributed by atoms with Crippen molar-refractivity contribution in [3.05, 3.63) is 64.4 Å². The standard InChI is InChI=1S/C15H14BrN3O/c1-2-14(11-3-5-13(16)6-4-11)18-19-15(20)12-7-9-17-10-8-12/h3-10H,2H2,1H3,(H,19,20). The van der Waals surface area contributed by atoms with E-state index in [9.17, 15) is 4.79 Å². The Balaban J connectivity index is 2.12. The molecule has 0 unspecified atom stereocenters. The zero-order valence-corrected chi connectivity index (χ0v) is 12.6. The van der Waals surface area contributed by atoms with Gasteiger partial charge in [-0.2, -0.15) is 5.10 Å². The van der Waals surface area contributed by atoms with Crippen molar-refractivity contribution in [1.29, 1.82) is 0 Å². The number of hydrazone groups is 1. The summed E-state index contributed by atoms with van der Waals surface area (Å²) in [5.74, 6) is -0.240. The van der Waals surface area contributed by atoms with Crippen LogP contribution in [0.15, 0.2) is 58.4 Å². The quantitative estimate of drug-likeness (QED) is 0.689. The van der Waals surface area contributed by atoms with Gasteiger partial charge in [-0.05, 0) is 36.2 Å². The van der Waals surface area contributed by atoms with E-state index in [1.165, 1.54) is 0 Å². The summed E-state index contributed by atoms with van der Waals surface area (Å²) in [5, 5.41) is 4.20. The van der Waals surface area contributed by atoms with Crippen molar-refractivity contribution in [3.8, 4) is 0 Å². The summed E-state index contributed by atoms with van der Waals surface area (Å²) < 4.78 is 1.01. The maximum atomic E-state index is 11.9. The van der Waals surface area contributed by atoms with E-state index in [1.54, 1.807) is 24.5 Å². The maximum absolute atomic E-state index is 11.9. The Morgan fingerprint density at radius 1 is 1.15 bits per heavy atom. The van der Waals surface area contributed by atoms with Crippen molar-refractivity contribution in [2.45, 2.75) is 13.3 Å². The molecule has 1 aromatic heterocycles. The van der Waals surface area contributed by atoms with Crippen molar-refractivity contribution in [2.75, 3.05) is 0 Å². The summed E-state index contributed by atoms with van der Waals surface area (Å²) in [6.07, 6.45) is 3.89. The maximum Gasteiger partial charge on any atom is 0.271 e. The average Bonchev–Trinajstić information content (AvgIpc) is 2.50. The summed E-state index contributed by atoms with van der Waals surface area (Å²) in [6.45, 7) is 2.00. The molecule has 1 N–H and O–H groups in total. The second-order valence-electron chi connectivity index (χ2n) is 4.10. The van der Waals surface area contributed by atoms with Gasteiger partial charge in [-0.3, -0.25) is 9.78 Å². The zero-order chi connectivity index (χ0) is 14.4. The highest BCUT2D eigenvalue weighted by Crippen LogP contribution is 2.12. The Kier molecular flexibility index (Phi) is 5.01. The minimum atomic E-state index is -0.240. The molecule has 5 heteroatoms. The fourth-order valence-corrected chi connectivity index (χ4v) is 1.94. The van der Waals surface area contributed by atoms with E-state index in [2.05, 4.69) is 31.4 Å². The highest BCUT2D eigenvalue weighted by Gasteiger charge is 2.05. The molecule has 102 valence electrons. The van der Waals surface area contributed by atoms with Gasteiger partial charge >= 0.3 is 0 Å². The van der Waals surface area contributed by atoms with Crippen molar-refractivity contribution in [1.82, 2.24) is 10.4 Å². The molecule has 0 atom stereocenters. The lowest BCUT2D eigenvalue weighted by Gasteiger charge is -2.05. The lowest BCUT2D eigenvalue weighted by molar-refractivity contribution is 0.0954. The molecule has 0 bridgehead atoms. The van der Waals surface area contributed by atoms with Gasteiger partial charge in [0.15, 0.2) is 0 Å². The summed E-state index contributed by atoms with van der Waals surface area (Å²) in [4.78, 5) is 15.8. The van der Waals surface area contributed by atoms with Crippen LogP contribution in [0.1, 0.15) is 29.3 Å². The van der Waals surface area contributed by atoms with Crippen molar-refractivity contribution in [3.63, 3.8) is 0 Å². The number of aromatic nitrogens is 1. The molecule has 1 heterocycles. The Morgan fingerprint density at radius 2 is 1.80 bits per heavy atom. The number of hydrogen-bond acceptors (Lipinski definition) is 3. The van der Waals surface area contributed by atoms with Gasteiger partial charge in [0, 0.05) is 22.4 Å². The van der Waals surface area contributed by atoms with Crippen LogP contribution in [0.2, 0.25) is 0 Å². The Labute approximate surface area is 126 Å². The number of carbonyl (C=O) groups is 1. The van der Waals surface area contributed by atoms with Crippen LogP contribution in [-0.2, 0) is 0 Å². The highest BCUT2D eigenvalue weighted by atomic mass is 79.9. The van der Waals surface area contributed by atoms with Crippen LogP contribution in [0.25, 0.3) is 0 Å². The largest absolute Gasteiger partial charge is 0.271 e. The second-order valence-corrected chi connectivity index (χ2v) is 5.01. The van der Waals surface area contributed by atoms with E-state index in [0.717, 1.165) is 22.2 Å². The number of pyridine rings is 1. The molecule has 0 radical (unpaired) electrons. The Morgan fingerprint density at radius 3 is 2.40 bits per heavy atom. The number of nitrogens with zero attached hydrogens (tertiary/aromatic N) is 2. The molecule has 0 aliphatic heterocycles. The number of nitrogens with one attached hydrogen (secondary N) is 1. The van der Waals surface area contributed by atoms with E-state index >= 15 is 0 Å². The highest BCUT2D eigenvalue weighted by molar-refractivity contribution is 9.10. The molecule has 2 rings (SSSR count). The molecule has 0 saturated heterocycles. The Hall–Kier alpha value is -2.01. The first-order chi connectivity index (χ1) is 9.70. The number of carbonyl (C=O) groups excluding carboxylic acids is 1. The SMILES string of the molecule is CCC(=NNC(=O)c1ccncc1)c1ccc(Br)cc1. The van der Waals surface area contributed by atoms with Gasteiger partial charge in [-0.25, -0.2) is 5.43 Å². The van der Waals surface area contributed by atoms with Crippen LogP contribution in [0.5, 0.6) is 0 Å². The summed E-state index contributed by atoms with van der Waals surface area (Å²) >= 11 is 3.39. The number of benzene rings is 1. The third-order valence-corrected chi connectivity index (χ3v) is 3.28. The molecule has 0 aliphatic carbocycles. The van der Waals surface area contributed by atoms with Crippen molar-refractivity contribution >= 4 is 27.5 Å². The summed E-state index contributed by atoms with van der Waals surface area (Å²) in [6, 6.07) is 11.1. The molecule has 0 fully saturated rings. The van der Waals surface area contributed by atoms with Crippen LogP contribution >= 0.6 is 15.9 Å². The van der Waals surface area contributed by atoms with E-state index in [-0.39, 0.29) is 5.91 Å². The third kappa shape index (κ3) is 3.74. The number of hydrogen-bond donors (Lipinski definition) is 1. The van der Waals surface area contributed by atoms with Gasteiger partial charge in [-0.15, -0.1) is 0 Å². The minimum Gasteiger partial charge on any atom is -0.267 e. The zero-order valence-electron chi connectivity index (χ0n) is 11.0. The second kappa shape index (κ2) is 6.96. The average molecular weight is 332 g/mol. The molecule has 0 aliphatic rings. The first-order valence-corrected chi connectivity index (χ1v) is 7.03. The van der Waals surface area contributed by atoms with E-state index in [0.29, 0.717) is 5.56 Å². The fourth-order valence-electron chi connectivity index (χ4n) is 1.68. The smallest absolute Gasteiger partial charge is 0.267 e. The molecule has 1 aromatic carbocycles. The van der Waals surface area contributed by atoms with Crippen LogP contribution in [0, 0.1) is 0 Å². The van der Waals surface area contributed by atoms with Gasteiger partial charge in [0.25, 0.3) is 5.91 Å². The Bertz CT molecular complexity index is 609. The number of rotatable bonds is 4. The topological polar surface area (TPSA) is 54.4 Å². The molecule has 2 aromatic rings. The molecular weight excluding hydrogens is 318 g/mol.